The van der Waals surface area contributed by atoms with Crippen molar-refractivity contribution in [3.8, 4) is 0 Å². The third-order valence-corrected chi connectivity index (χ3v) is 5.61. The van der Waals surface area contributed by atoms with E-state index in [2.05, 4.69) is 14.8 Å². The number of piperazine rings is 1. The number of aromatic nitrogens is 1. The van der Waals surface area contributed by atoms with Crippen molar-refractivity contribution >= 4 is 5.82 Å². The molecule has 1 spiro atoms. The maximum atomic E-state index is 13.8. The van der Waals surface area contributed by atoms with Crippen LogP contribution in [0.2, 0.25) is 0 Å². The highest BCUT2D eigenvalue weighted by Gasteiger charge is 2.40. The molecule has 0 aromatic carbocycles. The number of hydrogen-bond acceptors (Lipinski definition) is 5. The number of ether oxygens (including phenoxy) is 2. The van der Waals surface area contributed by atoms with Gasteiger partial charge in [0.2, 0.25) is 0 Å². The monoisotopic (exact) mass is 335 g/mol. The average Bonchev–Trinajstić information content (AvgIpc) is 3.07. The number of nitrogens with zero attached hydrogens (tertiary/aromatic N) is 3. The van der Waals surface area contributed by atoms with Crippen LogP contribution in [0.25, 0.3) is 0 Å². The number of anilines is 1. The van der Waals surface area contributed by atoms with E-state index in [1.54, 1.807) is 12.3 Å². The highest BCUT2D eigenvalue weighted by Crippen LogP contribution is 2.38. The average molecular weight is 335 g/mol. The van der Waals surface area contributed by atoms with Crippen LogP contribution in [0.5, 0.6) is 0 Å². The Bertz CT molecular complexity index is 547. The highest BCUT2D eigenvalue weighted by atomic mass is 19.1. The van der Waals surface area contributed by atoms with Gasteiger partial charge in [-0.2, -0.15) is 0 Å². The van der Waals surface area contributed by atoms with Gasteiger partial charge in [0.05, 0.1) is 13.2 Å². The lowest BCUT2D eigenvalue weighted by Crippen LogP contribution is -2.49. The van der Waals surface area contributed by atoms with Crippen molar-refractivity contribution in [3.63, 3.8) is 0 Å². The van der Waals surface area contributed by atoms with Gasteiger partial charge in [-0.1, -0.05) is 0 Å². The number of hydrogen-bond donors (Lipinski definition) is 0. The molecule has 2 saturated heterocycles. The van der Waals surface area contributed by atoms with Crippen LogP contribution in [0.1, 0.15) is 25.7 Å². The Morgan fingerprint density at radius 2 is 1.83 bits per heavy atom. The van der Waals surface area contributed by atoms with Gasteiger partial charge in [0.15, 0.2) is 17.4 Å². The molecule has 3 aliphatic rings. The minimum absolute atomic E-state index is 0.222. The van der Waals surface area contributed by atoms with Crippen LogP contribution < -0.4 is 4.90 Å². The summed E-state index contributed by atoms with van der Waals surface area (Å²) in [5, 5.41) is 0. The quantitative estimate of drug-likeness (QED) is 0.847. The van der Waals surface area contributed by atoms with Gasteiger partial charge in [0.1, 0.15) is 0 Å². The van der Waals surface area contributed by atoms with Crippen LogP contribution in [-0.2, 0) is 9.47 Å². The molecule has 2 aliphatic heterocycles. The molecular weight excluding hydrogens is 309 g/mol. The molecule has 24 heavy (non-hydrogen) atoms. The first-order chi connectivity index (χ1) is 11.7. The number of halogens is 1. The fourth-order valence-electron chi connectivity index (χ4n) is 4.20. The van der Waals surface area contributed by atoms with Crippen LogP contribution in [0.15, 0.2) is 18.3 Å². The Hall–Kier alpha value is -1.24. The Morgan fingerprint density at radius 3 is 2.50 bits per heavy atom. The summed E-state index contributed by atoms with van der Waals surface area (Å²) in [4.78, 5) is 8.76. The summed E-state index contributed by atoms with van der Waals surface area (Å²) in [6.45, 7) is 6.27. The SMILES string of the molecule is Fc1cccnc1N1CCN(CC2CCC3(CC2)OCCO3)CC1. The summed E-state index contributed by atoms with van der Waals surface area (Å²) in [5.41, 5.74) is 0. The first-order valence-electron chi connectivity index (χ1n) is 9.10. The standard InChI is InChI=1S/C18H26FN3O2/c19-16-2-1-7-20-17(16)22-10-8-21(9-11-22)14-15-3-5-18(6-4-15)23-12-13-24-18/h1-2,7,15H,3-6,8-14H2. The molecule has 1 saturated carbocycles. The van der Waals surface area contributed by atoms with Crippen molar-refractivity contribution in [2.75, 3.05) is 50.8 Å². The van der Waals surface area contributed by atoms with Gasteiger partial charge in [0, 0.05) is 51.8 Å². The van der Waals surface area contributed by atoms with Gasteiger partial charge in [0.25, 0.3) is 0 Å². The van der Waals surface area contributed by atoms with Gasteiger partial charge in [-0.05, 0) is 30.9 Å². The molecule has 4 rings (SSSR count). The van der Waals surface area contributed by atoms with Gasteiger partial charge in [-0.3, -0.25) is 4.90 Å². The maximum Gasteiger partial charge on any atom is 0.168 e. The molecule has 3 heterocycles. The lowest BCUT2D eigenvalue weighted by Gasteiger charge is -2.40. The van der Waals surface area contributed by atoms with E-state index in [4.69, 9.17) is 9.47 Å². The molecule has 1 aliphatic carbocycles. The predicted molar refractivity (Wildman–Crippen MR) is 89.4 cm³/mol. The topological polar surface area (TPSA) is 37.8 Å². The second-order valence-corrected chi connectivity index (χ2v) is 7.15. The molecule has 0 bridgehead atoms. The molecule has 1 aromatic heterocycles. The molecule has 132 valence electrons. The maximum absolute atomic E-state index is 13.8. The van der Waals surface area contributed by atoms with E-state index in [0.29, 0.717) is 5.82 Å². The minimum Gasteiger partial charge on any atom is -0.352 e. The Labute approximate surface area is 142 Å². The predicted octanol–water partition coefficient (Wildman–Crippen LogP) is 2.28. The van der Waals surface area contributed by atoms with Crippen molar-refractivity contribution < 1.29 is 13.9 Å². The molecular formula is C18H26FN3O2. The second-order valence-electron chi connectivity index (χ2n) is 7.15. The zero-order chi connectivity index (χ0) is 16.4. The number of pyridine rings is 1. The van der Waals surface area contributed by atoms with Gasteiger partial charge >= 0.3 is 0 Å². The van der Waals surface area contributed by atoms with E-state index in [1.165, 1.54) is 18.9 Å². The third kappa shape index (κ3) is 3.41. The minimum atomic E-state index is -0.258. The van der Waals surface area contributed by atoms with Gasteiger partial charge in [-0.15, -0.1) is 0 Å². The van der Waals surface area contributed by atoms with Crippen LogP contribution in [0.4, 0.5) is 10.2 Å². The summed E-state index contributed by atoms with van der Waals surface area (Å²) in [7, 11) is 0. The smallest absolute Gasteiger partial charge is 0.168 e. The Balaban J connectivity index is 1.24. The van der Waals surface area contributed by atoms with Crippen LogP contribution in [0.3, 0.4) is 0 Å². The van der Waals surface area contributed by atoms with E-state index >= 15 is 0 Å². The largest absolute Gasteiger partial charge is 0.352 e. The van der Waals surface area contributed by atoms with Crippen LogP contribution in [-0.4, -0.2) is 61.6 Å². The molecule has 0 unspecified atom stereocenters. The normalized spacial score (nSPS) is 25.5. The molecule has 0 N–H and O–H groups in total. The molecule has 6 heteroatoms. The summed E-state index contributed by atoms with van der Waals surface area (Å²) in [6, 6.07) is 3.13. The van der Waals surface area contributed by atoms with Crippen molar-refractivity contribution in [1.82, 2.24) is 9.88 Å². The zero-order valence-electron chi connectivity index (χ0n) is 14.1. The van der Waals surface area contributed by atoms with Crippen molar-refractivity contribution in [2.45, 2.75) is 31.5 Å². The molecule has 1 aromatic rings. The van der Waals surface area contributed by atoms with E-state index in [-0.39, 0.29) is 11.6 Å². The summed E-state index contributed by atoms with van der Waals surface area (Å²) < 4.78 is 25.5. The van der Waals surface area contributed by atoms with Crippen molar-refractivity contribution in [2.24, 2.45) is 5.92 Å². The fourth-order valence-corrected chi connectivity index (χ4v) is 4.20. The van der Waals surface area contributed by atoms with E-state index < -0.39 is 0 Å². The van der Waals surface area contributed by atoms with Crippen molar-refractivity contribution in [1.29, 1.82) is 0 Å². The Morgan fingerprint density at radius 1 is 1.12 bits per heavy atom. The molecule has 0 atom stereocenters. The Kier molecular flexibility index (Phi) is 4.70. The summed E-state index contributed by atoms with van der Waals surface area (Å²) in [5.74, 6) is 0.736. The highest BCUT2D eigenvalue weighted by molar-refractivity contribution is 5.40. The third-order valence-electron chi connectivity index (χ3n) is 5.61. The zero-order valence-corrected chi connectivity index (χ0v) is 14.1. The summed E-state index contributed by atoms with van der Waals surface area (Å²) in [6.07, 6.45) is 6.06. The van der Waals surface area contributed by atoms with Gasteiger partial charge in [-0.25, -0.2) is 9.37 Å². The van der Waals surface area contributed by atoms with E-state index in [0.717, 1.165) is 64.7 Å². The lowest BCUT2D eigenvalue weighted by atomic mass is 9.84. The molecule has 5 nitrogen and oxygen atoms in total. The van der Waals surface area contributed by atoms with Gasteiger partial charge < -0.3 is 14.4 Å². The lowest BCUT2D eigenvalue weighted by molar-refractivity contribution is -0.183. The van der Waals surface area contributed by atoms with E-state index in [9.17, 15) is 4.39 Å². The first kappa shape index (κ1) is 16.2. The second kappa shape index (κ2) is 6.94. The van der Waals surface area contributed by atoms with Crippen LogP contribution in [0, 0.1) is 11.7 Å². The first-order valence-corrected chi connectivity index (χ1v) is 9.10. The van der Waals surface area contributed by atoms with E-state index in [1.807, 2.05) is 0 Å². The molecule has 0 amide bonds. The summed E-state index contributed by atoms with van der Waals surface area (Å²) >= 11 is 0. The van der Waals surface area contributed by atoms with Crippen molar-refractivity contribution in [3.05, 3.63) is 24.1 Å². The molecule has 0 radical (unpaired) electrons. The van der Waals surface area contributed by atoms with Crippen LogP contribution >= 0.6 is 0 Å². The molecule has 3 fully saturated rings. The number of rotatable bonds is 3. The fraction of sp³-hybridized carbons (Fsp3) is 0.722.